The van der Waals surface area contributed by atoms with E-state index in [1.807, 2.05) is 0 Å². The van der Waals surface area contributed by atoms with E-state index >= 15 is 0 Å². The summed E-state index contributed by atoms with van der Waals surface area (Å²) in [6.45, 7) is 3.56. The van der Waals surface area contributed by atoms with E-state index in [-0.39, 0.29) is 12.4 Å². The summed E-state index contributed by atoms with van der Waals surface area (Å²) in [5, 5.41) is 0. The second-order valence-electron chi connectivity index (χ2n) is 6.88. The molecule has 3 N–H and O–H groups in total. The number of nitrogens with one attached hydrogen (secondary N) is 3. The van der Waals surface area contributed by atoms with Gasteiger partial charge in [0.2, 0.25) is 16.0 Å². The monoisotopic (exact) mass is 443 g/mol. The zero-order valence-electron chi connectivity index (χ0n) is 17.0. The Labute approximate surface area is 180 Å². The van der Waals surface area contributed by atoms with Crippen LogP contribution in [-0.2, 0) is 21.2 Å². The van der Waals surface area contributed by atoms with Gasteiger partial charge in [-0.3, -0.25) is 15.6 Å². The number of anilines is 1. The lowest BCUT2D eigenvalue weighted by Crippen LogP contribution is -2.49. The van der Waals surface area contributed by atoms with E-state index < -0.39 is 32.7 Å². The van der Waals surface area contributed by atoms with Crippen LogP contribution in [0.5, 0.6) is 0 Å². The van der Waals surface area contributed by atoms with Crippen molar-refractivity contribution in [1.82, 2.24) is 20.1 Å². The molecule has 10 heteroatoms. The van der Waals surface area contributed by atoms with Crippen molar-refractivity contribution < 1.29 is 17.6 Å². The Bertz CT molecular complexity index is 1150. The molecule has 2 aromatic carbocycles. The lowest BCUT2D eigenvalue weighted by molar-refractivity contribution is -0.122. The minimum atomic E-state index is -4.30. The number of hydrogen-bond acceptors (Lipinski definition) is 6. The highest BCUT2D eigenvalue weighted by atomic mass is 32.2. The second-order valence-corrected chi connectivity index (χ2v) is 8.56. The molecule has 0 bridgehead atoms. The van der Waals surface area contributed by atoms with Crippen LogP contribution in [0, 0.1) is 19.7 Å². The first-order chi connectivity index (χ1) is 14.7. The summed E-state index contributed by atoms with van der Waals surface area (Å²) < 4.78 is 41.8. The number of aryl methyl sites for hydroxylation is 2. The molecule has 1 aromatic heterocycles. The normalized spacial score (nSPS) is 12.2. The molecule has 3 aromatic rings. The minimum absolute atomic E-state index is 0.0513. The van der Waals surface area contributed by atoms with E-state index in [4.69, 9.17) is 0 Å². The Hall–Kier alpha value is -3.37. The number of halogens is 1. The summed E-state index contributed by atoms with van der Waals surface area (Å²) >= 11 is 0. The number of amides is 1. The summed E-state index contributed by atoms with van der Waals surface area (Å²) in [4.78, 5) is 20.6. The van der Waals surface area contributed by atoms with Gasteiger partial charge in [0.05, 0.1) is 0 Å². The fraction of sp³-hybridized carbons (Fsp3) is 0.190. The molecule has 1 unspecified atom stereocenters. The number of aromatic nitrogens is 2. The summed E-state index contributed by atoms with van der Waals surface area (Å²) in [7, 11) is -4.30. The molecule has 0 radical (unpaired) electrons. The molecule has 0 saturated carbocycles. The van der Waals surface area contributed by atoms with Crippen LogP contribution in [-0.4, -0.2) is 30.3 Å². The molecular formula is C21H22FN5O3S. The van der Waals surface area contributed by atoms with Gasteiger partial charge in [-0.25, -0.2) is 22.8 Å². The zero-order chi connectivity index (χ0) is 22.4. The van der Waals surface area contributed by atoms with Crippen molar-refractivity contribution >= 4 is 21.9 Å². The number of carbonyl (C=O) groups excluding carboxylic acids is 1. The smallest absolute Gasteiger partial charge is 0.256 e. The fourth-order valence-corrected chi connectivity index (χ4v) is 4.21. The van der Waals surface area contributed by atoms with E-state index in [0.717, 1.165) is 17.7 Å². The van der Waals surface area contributed by atoms with Crippen LogP contribution in [0.3, 0.4) is 0 Å². The lowest BCUT2D eigenvalue weighted by Gasteiger charge is -2.19. The molecule has 162 valence electrons. The standard InChI is InChI=1S/C21H22FN5O3S/c1-14-12-15(2)24-21(23-14)26-25-20(28)18(13-16-8-4-3-5-9-16)27-31(29,30)19-11-7-6-10-17(19)22/h3-12,18,27H,13H2,1-2H3,(H,25,28)(H,23,24,26). The number of carbonyl (C=O) groups is 1. The molecule has 0 spiro atoms. The molecule has 0 fully saturated rings. The number of benzene rings is 2. The zero-order valence-corrected chi connectivity index (χ0v) is 17.8. The van der Waals surface area contributed by atoms with Crippen LogP contribution < -0.4 is 15.6 Å². The lowest BCUT2D eigenvalue weighted by atomic mass is 10.1. The summed E-state index contributed by atoms with van der Waals surface area (Å²) in [5.41, 5.74) is 7.15. The van der Waals surface area contributed by atoms with Gasteiger partial charge in [0.25, 0.3) is 5.91 Å². The minimum Gasteiger partial charge on any atom is -0.271 e. The largest absolute Gasteiger partial charge is 0.271 e. The molecule has 8 nitrogen and oxygen atoms in total. The average molecular weight is 444 g/mol. The molecule has 3 rings (SSSR count). The van der Waals surface area contributed by atoms with Gasteiger partial charge < -0.3 is 0 Å². The maximum Gasteiger partial charge on any atom is 0.256 e. The van der Waals surface area contributed by atoms with Gasteiger partial charge in [-0.1, -0.05) is 42.5 Å². The predicted molar refractivity (Wildman–Crippen MR) is 114 cm³/mol. The van der Waals surface area contributed by atoms with Crippen LogP contribution in [0.4, 0.5) is 10.3 Å². The van der Waals surface area contributed by atoms with Crippen molar-refractivity contribution in [2.75, 3.05) is 5.43 Å². The molecule has 1 amide bonds. The second kappa shape index (κ2) is 9.63. The molecule has 0 aliphatic heterocycles. The topological polar surface area (TPSA) is 113 Å². The number of nitrogens with zero attached hydrogens (tertiary/aromatic N) is 2. The maximum absolute atomic E-state index is 14.1. The highest BCUT2D eigenvalue weighted by Gasteiger charge is 2.28. The molecule has 0 aliphatic carbocycles. The number of sulfonamides is 1. The van der Waals surface area contributed by atoms with Gasteiger partial charge in [-0.15, -0.1) is 0 Å². The van der Waals surface area contributed by atoms with Gasteiger partial charge in [0.15, 0.2) is 0 Å². The summed E-state index contributed by atoms with van der Waals surface area (Å²) in [6, 6.07) is 14.4. The van der Waals surface area contributed by atoms with Crippen LogP contribution in [0.25, 0.3) is 0 Å². The molecule has 1 atom stereocenters. The van der Waals surface area contributed by atoms with E-state index in [1.165, 1.54) is 12.1 Å². The van der Waals surface area contributed by atoms with Gasteiger partial charge in [0, 0.05) is 11.4 Å². The Morgan fingerprint density at radius 2 is 1.61 bits per heavy atom. The highest BCUT2D eigenvalue weighted by molar-refractivity contribution is 7.89. The van der Waals surface area contributed by atoms with Crippen LogP contribution >= 0.6 is 0 Å². The van der Waals surface area contributed by atoms with Crippen molar-refractivity contribution in [1.29, 1.82) is 0 Å². The van der Waals surface area contributed by atoms with Gasteiger partial charge in [-0.2, -0.15) is 4.72 Å². The SMILES string of the molecule is Cc1cc(C)nc(NNC(=O)C(Cc2ccccc2)NS(=O)(=O)c2ccccc2F)n1. The Morgan fingerprint density at radius 3 is 2.26 bits per heavy atom. The van der Waals surface area contributed by atoms with Gasteiger partial charge in [0.1, 0.15) is 16.8 Å². The average Bonchev–Trinajstić information content (AvgIpc) is 2.71. The first kappa shape index (κ1) is 22.3. The third kappa shape index (κ3) is 6.06. The molecule has 0 aliphatic rings. The third-order valence-corrected chi connectivity index (χ3v) is 5.81. The van der Waals surface area contributed by atoms with E-state index in [2.05, 4.69) is 25.5 Å². The van der Waals surface area contributed by atoms with Crippen LogP contribution in [0.2, 0.25) is 0 Å². The summed E-state index contributed by atoms with van der Waals surface area (Å²) in [5.74, 6) is -1.41. The summed E-state index contributed by atoms with van der Waals surface area (Å²) in [6.07, 6.45) is 0.0513. The third-order valence-electron chi connectivity index (χ3n) is 4.30. The highest BCUT2D eigenvalue weighted by Crippen LogP contribution is 2.15. The molecule has 31 heavy (non-hydrogen) atoms. The van der Waals surface area contributed by atoms with E-state index in [9.17, 15) is 17.6 Å². The molecular weight excluding hydrogens is 421 g/mol. The quantitative estimate of drug-likeness (QED) is 0.461. The Kier molecular flexibility index (Phi) is 6.93. The maximum atomic E-state index is 14.1. The van der Waals surface area contributed by atoms with Crippen LogP contribution in [0.1, 0.15) is 17.0 Å². The van der Waals surface area contributed by atoms with Crippen molar-refractivity contribution in [3.8, 4) is 0 Å². The molecule has 0 saturated heterocycles. The van der Waals surface area contributed by atoms with Gasteiger partial charge in [-0.05, 0) is 44.0 Å². The Balaban J connectivity index is 1.81. The number of hydrazine groups is 1. The predicted octanol–water partition coefficient (Wildman–Crippen LogP) is 2.27. The van der Waals surface area contributed by atoms with Crippen molar-refractivity contribution in [2.45, 2.75) is 31.2 Å². The first-order valence-electron chi connectivity index (χ1n) is 9.43. The van der Waals surface area contributed by atoms with Gasteiger partial charge >= 0.3 is 0 Å². The molecule has 1 heterocycles. The Morgan fingerprint density at radius 1 is 1.00 bits per heavy atom. The van der Waals surface area contributed by atoms with E-state index in [1.54, 1.807) is 50.2 Å². The van der Waals surface area contributed by atoms with Crippen molar-refractivity contribution in [3.63, 3.8) is 0 Å². The van der Waals surface area contributed by atoms with Crippen LogP contribution in [0.15, 0.2) is 65.6 Å². The first-order valence-corrected chi connectivity index (χ1v) is 10.9. The van der Waals surface area contributed by atoms with Crippen molar-refractivity contribution in [3.05, 3.63) is 83.4 Å². The fourth-order valence-electron chi connectivity index (χ4n) is 2.94. The number of rotatable bonds is 8. The van der Waals surface area contributed by atoms with E-state index in [0.29, 0.717) is 11.4 Å². The number of hydrogen-bond donors (Lipinski definition) is 3. The van der Waals surface area contributed by atoms with Crippen molar-refractivity contribution in [2.24, 2.45) is 0 Å².